The molecule has 2 amide bonds. The lowest BCUT2D eigenvalue weighted by Crippen LogP contribution is -2.25. The highest BCUT2D eigenvalue weighted by molar-refractivity contribution is 5.87. The van der Waals surface area contributed by atoms with Crippen molar-refractivity contribution in [1.29, 1.82) is 0 Å². The molecule has 0 aromatic heterocycles. The normalized spacial score (nSPS) is 18.0. The summed E-state index contributed by atoms with van der Waals surface area (Å²) in [5.41, 5.74) is 7.08. The van der Waals surface area contributed by atoms with Gasteiger partial charge in [-0.3, -0.25) is 0 Å². The third kappa shape index (κ3) is 5.38. The van der Waals surface area contributed by atoms with E-state index in [4.69, 9.17) is 5.73 Å². The Labute approximate surface area is 127 Å². The quantitative estimate of drug-likeness (QED) is 0.722. The molecule has 0 bridgehead atoms. The number of amides is 2. The summed E-state index contributed by atoms with van der Waals surface area (Å²) >= 11 is 0. The van der Waals surface area contributed by atoms with E-state index in [0.717, 1.165) is 18.2 Å². The molecule has 0 heterocycles. The minimum Gasteiger partial charge on any atom is -0.351 e. The Morgan fingerprint density at radius 1 is 1.19 bits per heavy atom. The Hall–Kier alpha value is -1.55. The van der Waals surface area contributed by atoms with E-state index in [9.17, 15) is 4.79 Å². The third-order valence-corrected chi connectivity index (χ3v) is 4.37. The summed E-state index contributed by atoms with van der Waals surface area (Å²) in [6, 6.07) is 7.66. The van der Waals surface area contributed by atoms with E-state index in [1.807, 2.05) is 24.3 Å². The maximum Gasteiger partial charge on any atom is 0.316 e. The van der Waals surface area contributed by atoms with Crippen LogP contribution in [0.3, 0.4) is 0 Å². The van der Waals surface area contributed by atoms with Gasteiger partial charge in [0.2, 0.25) is 0 Å². The van der Waals surface area contributed by atoms with E-state index >= 15 is 0 Å². The van der Waals surface area contributed by atoms with Crippen LogP contribution in [0.25, 0.3) is 0 Å². The van der Waals surface area contributed by atoms with Crippen LogP contribution in [0.4, 0.5) is 10.5 Å². The van der Waals surface area contributed by atoms with Gasteiger partial charge in [-0.1, -0.05) is 37.8 Å². The molecule has 1 aromatic rings. The molecule has 4 nitrogen and oxygen atoms in total. The largest absolute Gasteiger partial charge is 0.351 e. The van der Waals surface area contributed by atoms with E-state index in [1.165, 1.54) is 44.1 Å². The molecule has 1 unspecified atom stereocenters. The van der Waals surface area contributed by atoms with Gasteiger partial charge in [-0.2, -0.15) is 0 Å². The number of benzene rings is 1. The van der Waals surface area contributed by atoms with Crippen LogP contribution in [0.5, 0.6) is 0 Å². The first-order chi connectivity index (χ1) is 10.1. The fourth-order valence-corrected chi connectivity index (χ4v) is 3.03. The Morgan fingerprint density at radius 2 is 1.81 bits per heavy atom. The third-order valence-electron chi connectivity index (χ3n) is 4.37. The van der Waals surface area contributed by atoms with E-state index in [2.05, 4.69) is 17.6 Å². The minimum atomic E-state index is -0.526. The number of hydrogen-bond acceptors (Lipinski definition) is 2. The Balaban J connectivity index is 1.81. The van der Waals surface area contributed by atoms with Gasteiger partial charge in [-0.15, -0.1) is 0 Å². The zero-order chi connectivity index (χ0) is 15.1. The molecule has 0 radical (unpaired) electrons. The minimum absolute atomic E-state index is 0.330. The molecule has 4 N–H and O–H groups in total. The summed E-state index contributed by atoms with van der Waals surface area (Å²) in [5, 5.41) is 6.22. The van der Waals surface area contributed by atoms with E-state index in [1.54, 1.807) is 0 Å². The van der Waals surface area contributed by atoms with Crippen molar-refractivity contribution in [2.75, 3.05) is 11.9 Å². The average Bonchev–Trinajstić information content (AvgIpc) is 2.73. The number of urea groups is 1. The lowest BCUT2D eigenvalue weighted by molar-refractivity contribution is 0.259. The maximum absolute atomic E-state index is 10.8. The molecule has 1 fully saturated rings. The van der Waals surface area contributed by atoms with E-state index < -0.39 is 6.03 Å². The fourth-order valence-electron chi connectivity index (χ4n) is 3.03. The average molecular weight is 289 g/mol. The zero-order valence-corrected chi connectivity index (χ0v) is 12.9. The summed E-state index contributed by atoms with van der Waals surface area (Å²) in [4.78, 5) is 10.8. The molecule has 0 saturated heterocycles. The van der Waals surface area contributed by atoms with Crippen molar-refractivity contribution in [3.05, 3.63) is 29.8 Å². The van der Waals surface area contributed by atoms with Gasteiger partial charge < -0.3 is 16.4 Å². The molecule has 2 rings (SSSR count). The molecular weight excluding hydrogens is 262 g/mol. The maximum atomic E-state index is 10.8. The van der Waals surface area contributed by atoms with Crippen molar-refractivity contribution in [2.45, 2.75) is 51.5 Å². The number of primary amides is 1. The Bertz CT molecular complexity index is 436. The van der Waals surface area contributed by atoms with Crippen LogP contribution in [0, 0.1) is 5.92 Å². The monoisotopic (exact) mass is 289 g/mol. The first kappa shape index (κ1) is 15.8. The van der Waals surface area contributed by atoms with Crippen molar-refractivity contribution in [3.63, 3.8) is 0 Å². The summed E-state index contributed by atoms with van der Waals surface area (Å²) < 4.78 is 0. The van der Waals surface area contributed by atoms with Crippen LogP contribution in [0.2, 0.25) is 0 Å². The predicted octanol–water partition coefficient (Wildman–Crippen LogP) is 3.80. The second kappa shape index (κ2) is 8.03. The molecule has 1 aromatic carbocycles. The van der Waals surface area contributed by atoms with Crippen LogP contribution >= 0.6 is 0 Å². The number of anilines is 1. The van der Waals surface area contributed by atoms with Crippen LogP contribution in [0.15, 0.2) is 24.3 Å². The molecule has 1 aliphatic rings. The van der Waals surface area contributed by atoms with Gasteiger partial charge in [-0.25, -0.2) is 4.79 Å². The second-order valence-electron chi connectivity index (χ2n) is 6.10. The highest BCUT2D eigenvalue weighted by Crippen LogP contribution is 2.23. The summed E-state index contributed by atoms with van der Waals surface area (Å²) in [6.45, 7) is 3.29. The molecule has 0 spiro atoms. The van der Waals surface area contributed by atoms with Gasteiger partial charge in [0.25, 0.3) is 0 Å². The number of nitrogens with two attached hydrogens (primary N) is 1. The number of nitrogens with one attached hydrogen (secondary N) is 2. The molecular formula is C17H27N3O. The van der Waals surface area contributed by atoms with Crippen molar-refractivity contribution in [2.24, 2.45) is 11.7 Å². The van der Waals surface area contributed by atoms with Crippen LogP contribution in [0.1, 0.15) is 57.1 Å². The van der Waals surface area contributed by atoms with Gasteiger partial charge in [0, 0.05) is 11.7 Å². The fraction of sp³-hybridized carbons (Fsp3) is 0.588. The van der Waals surface area contributed by atoms with Crippen molar-refractivity contribution < 1.29 is 4.79 Å². The molecule has 4 heteroatoms. The lowest BCUT2D eigenvalue weighted by Gasteiger charge is -2.20. The second-order valence-corrected chi connectivity index (χ2v) is 6.10. The molecule has 1 aliphatic carbocycles. The Kier molecular flexibility index (Phi) is 6.05. The number of rotatable bonds is 5. The highest BCUT2D eigenvalue weighted by atomic mass is 16.2. The zero-order valence-electron chi connectivity index (χ0n) is 12.9. The van der Waals surface area contributed by atoms with Gasteiger partial charge in [0.15, 0.2) is 0 Å². The molecule has 1 atom stereocenters. The SMILES string of the molecule is CC(NCC1CCCCCC1)c1ccc(NC(N)=O)cc1. The van der Waals surface area contributed by atoms with Crippen molar-refractivity contribution >= 4 is 11.7 Å². The number of carbonyl (C=O) groups is 1. The summed E-state index contributed by atoms with van der Waals surface area (Å²) in [7, 11) is 0. The standard InChI is InChI=1S/C17H27N3O/c1-13(19-12-14-6-4-2-3-5-7-14)15-8-10-16(11-9-15)20-17(18)21/h8-11,13-14,19H,2-7,12H2,1H3,(H3,18,20,21). The van der Waals surface area contributed by atoms with Gasteiger partial charge >= 0.3 is 6.03 Å². The van der Waals surface area contributed by atoms with Crippen molar-refractivity contribution in [1.82, 2.24) is 5.32 Å². The lowest BCUT2D eigenvalue weighted by atomic mass is 9.99. The first-order valence-corrected chi connectivity index (χ1v) is 8.05. The van der Waals surface area contributed by atoms with Crippen LogP contribution < -0.4 is 16.4 Å². The van der Waals surface area contributed by atoms with Gasteiger partial charge in [-0.05, 0) is 49.9 Å². The molecule has 21 heavy (non-hydrogen) atoms. The number of hydrogen-bond donors (Lipinski definition) is 3. The van der Waals surface area contributed by atoms with Crippen molar-refractivity contribution in [3.8, 4) is 0 Å². The van der Waals surface area contributed by atoms with E-state index in [0.29, 0.717) is 6.04 Å². The first-order valence-electron chi connectivity index (χ1n) is 8.05. The van der Waals surface area contributed by atoms with Gasteiger partial charge in [0.05, 0.1) is 0 Å². The van der Waals surface area contributed by atoms with Crippen LogP contribution in [-0.2, 0) is 0 Å². The Morgan fingerprint density at radius 3 is 2.38 bits per heavy atom. The van der Waals surface area contributed by atoms with E-state index in [-0.39, 0.29) is 0 Å². The summed E-state index contributed by atoms with van der Waals surface area (Å²) in [6.07, 6.45) is 8.30. The molecule has 0 aliphatic heterocycles. The number of carbonyl (C=O) groups excluding carboxylic acids is 1. The predicted molar refractivity (Wildman–Crippen MR) is 87.3 cm³/mol. The summed E-state index contributed by atoms with van der Waals surface area (Å²) in [5.74, 6) is 0.825. The smallest absolute Gasteiger partial charge is 0.316 e. The molecule has 116 valence electrons. The topological polar surface area (TPSA) is 67.2 Å². The molecule has 1 saturated carbocycles. The highest BCUT2D eigenvalue weighted by Gasteiger charge is 2.13. The van der Waals surface area contributed by atoms with Crippen LogP contribution in [-0.4, -0.2) is 12.6 Å². The van der Waals surface area contributed by atoms with Gasteiger partial charge in [0.1, 0.15) is 0 Å².